The normalized spacial score (nSPS) is 21.7. The van der Waals surface area contributed by atoms with Crippen LogP contribution in [0.3, 0.4) is 0 Å². The molecule has 0 bridgehead atoms. The number of rotatable bonds is 4. The summed E-state index contributed by atoms with van der Waals surface area (Å²) >= 11 is 0. The van der Waals surface area contributed by atoms with Gasteiger partial charge in [-0.15, -0.1) is 0 Å². The number of carbonyl (C=O) groups excluding carboxylic acids is 1. The molecule has 1 amide bonds. The van der Waals surface area contributed by atoms with Crippen LogP contribution in [-0.2, 0) is 4.79 Å². The van der Waals surface area contributed by atoms with E-state index in [0.29, 0.717) is 11.4 Å². The third-order valence-corrected chi connectivity index (χ3v) is 3.27. The standard InChI is InChI=1S/C14H17N3O2/c1-14(6-3-8-16-14)13(18)17-11-4-2-5-12(10-11)19-9-7-15/h2,4-5,10,16H,3,6,8-9H2,1H3,(H,17,18). The number of nitrogens with zero attached hydrogens (tertiary/aromatic N) is 1. The monoisotopic (exact) mass is 259 g/mol. The van der Waals surface area contributed by atoms with E-state index in [2.05, 4.69) is 10.6 Å². The maximum atomic E-state index is 12.2. The lowest BCUT2D eigenvalue weighted by atomic mass is 9.99. The van der Waals surface area contributed by atoms with Gasteiger partial charge < -0.3 is 15.4 Å². The molecule has 2 N–H and O–H groups in total. The Morgan fingerprint density at radius 1 is 1.63 bits per heavy atom. The Bertz CT molecular complexity index is 502. The lowest BCUT2D eigenvalue weighted by Crippen LogP contribution is -2.47. The molecule has 1 aliphatic rings. The van der Waals surface area contributed by atoms with Crippen LogP contribution in [0.2, 0.25) is 0 Å². The molecule has 5 nitrogen and oxygen atoms in total. The Balaban J connectivity index is 2.02. The molecule has 1 atom stereocenters. The topological polar surface area (TPSA) is 74.1 Å². The average Bonchev–Trinajstić information content (AvgIpc) is 2.85. The molecule has 2 rings (SSSR count). The zero-order chi connectivity index (χ0) is 13.7. The largest absolute Gasteiger partial charge is 0.479 e. The first-order chi connectivity index (χ1) is 9.14. The van der Waals surface area contributed by atoms with Crippen molar-refractivity contribution < 1.29 is 9.53 Å². The molecule has 0 saturated carbocycles. The first kappa shape index (κ1) is 13.4. The van der Waals surface area contributed by atoms with Gasteiger partial charge in [-0.05, 0) is 38.4 Å². The summed E-state index contributed by atoms with van der Waals surface area (Å²) in [6.45, 7) is 2.78. The van der Waals surface area contributed by atoms with Gasteiger partial charge in [0, 0.05) is 11.8 Å². The highest BCUT2D eigenvalue weighted by Crippen LogP contribution is 2.22. The predicted molar refractivity (Wildman–Crippen MR) is 71.8 cm³/mol. The minimum Gasteiger partial charge on any atom is -0.479 e. The van der Waals surface area contributed by atoms with Gasteiger partial charge in [0.15, 0.2) is 6.61 Å². The van der Waals surface area contributed by atoms with E-state index in [9.17, 15) is 4.79 Å². The number of hydrogen-bond acceptors (Lipinski definition) is 4. The molecule has 1 unspecified atom stereocenters. The van der Waals surface area contributed by atoms with Crippen molar-refractivity contribution >= 4 is 11.6 Å². The van der Waals surface area contributed by atoms with Crippen LogP contribution in [0.15, 0.2) is 24.3 Å². The van der Waals surface area contributed by atoms with Gasteiger partial charge in [0.05, 0.1) is 5.54 Å². The van der Waals surface area contributed by atoms with Crippen LogP contribution in [0.1, 0.15) is 19.8 Å². The fraction of sp³-hybridized carbons (Fsp3) is 0.429. The van der Waals surface area contributed by atoms with Crippen molar-refractivity contribution in [3.63, 3.8) is 0 Å². The molecule has 0 radical (unpaired) electrons. The van der Waals surface area contributed by atoms with Gasteiger partial charge in [0.25, 0.3) is 0 Å². The van der Waals surface area contributed by atoms with Crippen LogP contribution in [0, 0.1) is 11.3 Å². The zero-order valence-corrected chi connectivity index (χ0v) is 10.9. The Labute approximate surface area is 112 Å². The first-order valence-corrected chi connectivity index (χ1v) is 6.30. The summed E-state index contributed by atoms with van der Waals surface area (Å²) in [5.41, 5.74) is 0.180. The van der Waals surface area contributed by atoms with E-state index in [0.717, 1.165) is 19.4 Å². The number of anilines is 1. The molecule has 19 heavy (non-hydrogen) atoms. The highest BCUT2D eigenvalue weighted by Gasteiger charge is 2.35. The van der Waals surface area contributed by atoms with E-state index in [1.165, 1.54) is 0 Å². The summed E-state index contributed by atoms with van der Waals surface area (Å²) in [4.78, 5) is 12.2. The van der Waals surface area contributed by atoms with Gasteiger partial charge in [-0.1, -0.05) is 6.07 Å². The van der Waals surface area contributed by atoms with E-state index in [1.807, 2.05) is 13.0 Å². The third-order valence-electron chi connectivity index (χ3n) is 3.27. The molecule has 100 valence electrons. The minimum absolute atomic E-state index is 0.00330. The van der Waals surface area contributed by atoms with Crippen LogP contribution < -0.4 is 15.4 Å². The number of ether oxygens (including phenoxy) is 1. The molecule has 1 heterocycles. The average molecular weight is 259 g/mol. The van der Waals surface area contributed by atoms with Crippen LogP contribution in [0.4, 0.5) is 5.69 Å². The summed E-state index contributed by atoms with van der Waals surface area (Å²) < 4.78 is 5.20. The number of nitriles is 1. The zero-order valence-electron chi connectivity index (χ0n) is 10.9. The second-order valence-corrected chi connectivity index (χ2v) is 4.79. The SMILES string of the molecule is CC1(C(=O)Nc2cccc(OCC#N)c2)CCCN1. The molecule has 1 aliphatic heterocycles. The molecular weight excluding hydrogens is 242 g/mol. The lowest BCUT2D eigenvalue weighted by molar-refractivity contribution is -0.121. The Morgan fingerprint density at radius 3 is 3.16 bits per heavy atom. The first-order valence-electron chi connectivity index (χ1n) is 6.30. The van der Waals surface area contributed by atoms with Crippen molar-refractivity contribution in [1.29, 1.82) is 5.26 Å². The fourth-order valence-corrected chi connectivity index (χ4v) is 2.14. The molecule has 0 aromatic heterocycles. The number of hydrogen-bond donors (Lipinski definition) is 2. The van der Waals surface area contributed by atoms with Crippen molar-refractivity contribution in [2.24, 2.45) is 0 Å². The Hall–Kier alpha value is -2.06. The molecule has 0 spiro atoms. The van der Waals surface area contributed by atoms with Crippen molar-refractivity contribution in [1.82, 2.24) is 5.32 Å². The molecular formula is C14H17N3O2. The molecule has 5 heteroatoms. The third kappa shape index (κ3) is 3.24. The van der Waals surface area contributed by atoms with E-state index in [4.69, 9.17) is 10.00 Å². The highest BCUT2D eigenvalue weighted by molar-refractivity contribution is 5.98. The number of benzene rings is 1. The molecule has 1 saturated heterocycles. The smallest absolute Gasteiger partial charge is 0.244 e. The van der Waals surface area contributed by atoms with Crippen LogP contribution in [0.25, 0.3) is 0 Å². The maximum Gasteiger partial charge on any atom is 0.244 e. The Morgan fingerprint density at radius 2 is 2.47 bits per heavy atom. The highest BCUT2D eigenvalue weighted by atomic mass is 16.5. The molecule has 0 aliphatic carbocycles. The summed E-state index contributed by atoms with van der Waals surface area (Å²) in [6.07, 6.45) is 1.85. The van der Waals surface area contributed by atoms with E-state index >= 15 is 0 Å². The van der Waals surface area contributed by atoms with Crippen molar-refractivity contribution in [2.45, 2.75) is 25.3 Å². The quantitative estimate of drug-likeness (QED) is 0.862. The summed E-state index contributed by atoms with van der Waals surface area (Å²) in [5, 5.41) is 14.6. The van der Waals surface area contributed by atoms with Gasteiger partial charge in [-0.3, -0.25) is 4.79 Å². The van der Waals surface area contributed by atoms with Crippen LogP contribution in [-0.4, -0.2) is 24.6 Å². The van der Waals surface area contributed by atoms with Crippen LogP contribution in [0.5, 0.6) is 5.75 Å². The van der Waals surface area contributed by atoms with E-state index in [1.54, 1.807) is 24.3 Å². The van der Waals surface area contributed by atoms with E-state index < -0.39 is 5.54 Å². The minimum atomic E-state index is -0.497. The molecule has 1 aromatic carbocycles. The fourth-order valence-electron chi connectivity index (χ4n) is 2.14. The summed E-state index contributed by atoms with van der Waals surface area (Å²) in [5.74, 6) is 0.534. The predicted octanol–water partition coefficient (Wildman–Crippen LogP) is 1.67. The second-order valence-electron chi connectivity index (χ2n) is 4.79. The van der Waals surface area contributed by atoms with Gasteiger partial charge >= 0.3 is 0 Å². The maximum absolute atomic E-state index is 12.2. The van der Waals surface area contributed by atoms with Crippen LogP contribution >= 0.6 is 0 Å². The van der Waals surface area contributed by atoms with Gasteiger partial charge in [-0.2, -0.15) is 5.26 Å². The van der Waals surface area contributed by atoms with Crippen molar-refractivity contribution in [3.8, 4) is 11.8 Å². The second kappa shape index (κ2) is 5.72. The van der Waals surface area contributed by atoms with Crippen molar-refractivity contribution in [2.75, 3.05) is 18.5 Å². The van der Waals surface area contributed by atoms with Gasteiger partial charge in [-0.25, -0.2) is 0 Å². The number of carbonyl (C=O) groups is 1. The van der Waals surface area contributed by atoms with Crippen molar-refractivity contribution in [3.05, 3.63) is 24.3 Å². The molecule has 1 fully saturated rings. The number of amides is 1. The summed E-state index contributed by atoms with van der Waals surface area (Å²) in [6, 6.07) is 8.96. The van der Waals surface area contributed by atoms with Gasteiger partial charge in [0.2, 0.25) is 5.91 Å². The molecule has 1 aromatic rings. The van der Waals surface area contributed by atoms with E-state index in [-0.39, 0.29) is 12.5 Å². The lowest BCUT2D eigenvalue weighted by Gasteiger charge is -2.23. The number of nitrogens with one attached hydrogen (secondary N) is 2. The summed E-state index contributed by atoms with van der Waals surface area (Å²) in [7, 11) is 0. The Kier molecular flexibility index (Phi) is 4.03. The van der Waals surface area contributed by atoms with Gasteiger partial charge in [0.1, 0.15) is 11.8 Å².